The molecule has 2 aliphatic rings. The van der Waals surface area contributed by atoms with Gasteiger partial charge in [-0.05, 0) is 46.5 Å². The number of fused-ring (bicyclic) bond motifs is 4. The summed E-state index contributed by atoms with van der Waals surface area (Å²) < 4.78 is 10.5. The first-order valence-electron chi connectivity index (χ1n) is 15.0. The number of amides is 6. The second kappa shape index (κ2) is 15.4. The van der Waals surface area contributed by atoms with Crippen LogP contribution in [0.2, 0.25) is 0 Å². The predicted octanol–water partition coefficient (Wildman–Crippen LogP) is 8.70. The van der Waals surface area contributed by atoms with Gasteiger partial charge in [0.2, 0.25) is 0 Å². The number of urea groups is 2. The maximum absolute atomic E-state index is 13.2. The van der Waals surface area contributed by atoms with Crippen molar-refractivity contribution in [1.29, 1.82) is 0 Å². The first-order valence-corrected chi connectivity index (χ1v) is 17.5. The topological polar surface area (TPSA) is 117 Å². The molecule has 0 aromatic heterocycles. The van der Waals surface area contributed by atoms with Gasteiger partial charge in [-0.15, -0.1) is 0 Å². The van der Waals surface area contributed by atoms with Crippen LogP contribution in [0.15, 0.2) is 97.1 Å². The summed E-state index contributed by atoms with van der Waals surface area (Å²) in [6.45, 7) is 0.129. The summed E-state index contributed by atoms with van der Waals surface area (Å²) in [5.74, 6) is 0.885. The van der Waals surface area contributed by atoms with Gasteiger partial charge in [-0.1, -0.05) is 119 Å². The monoisotopic (exact) mass is 678 g/mol. The SMILES string of the molecule is O=C(NC(=O)N1c2ccccc2C=Cc2ccccc21)OCCSSCCOC(=O)NC(=O)N1c2ccccc2C=Cc2ccccc21. The van der Waals surface area contributed by atoms with Gasteiger partial charge in [-0.2, -0.15) is 0 Å². The smallest absolute Gasteiger partial charge is 0.415 e. The van der Waals surface area contributed by atoms with Crippen LogP contribution in [0.3, 0.4) is 0 Å². The fourth-order valence-electron chi connectivity index (χ4n) is 5.20. The van der Waals surface area contributed by atoms with Crippen molar-refractivity contribution in [3.05, 3.63) is 119 Å². The average Bonchev–Trinajstić information content (AvgIpc) is 3.37. The normalized spacial score (nSPS) is 12.3. The van der Waals surface area contributed by atoms with E-state index in [0.717, 1.165) is 22.3 Å². The molecule has 0 bridgehead atoms. The maximum atomic E-state index is 13.2. The Morgan fingerprint density at radius 3 is 1.08 bits per heavy atom. The number of benzene rings is 4. The molecule has 0 spiro atoms. The summed E-state index contributed by atoms with van der Waals surface area (Å²) in [6, 6.07) is 28.5. The standard InChI is InChI=1S/C36H30N4O6S2/c41-33(39-29-13-5-1-9-25(29)17-18-26-10-2-6-14-30(26)39)37-35(43)45-21-23-47-48-24-22-46-36(44)38-34(42)40-31-15-7-3-11-27(31)19-20-28-12-4-8-16-32(28)40/h1-20H,21-24H2,(H,37,41,43)(H,38,42,44). The largest absolute Gasteiger partial charge is 0.448 e. The van der Waals surface area contributed by atoms with Gasteiger partial charge in [0.25, 0.3) is 0 Å². The number of hydrogen-bond donors (Lipinski definition) is 2. The van der Waals surface area contributed by atoms with Crippen LogP contribution in [0.5, 0.6) is 0 Å². The summed E-state index contributed by atoms with van der Waals surface area (Å²) in [7, 11) is 2.83. The van der Waals surface area contributed by atoms with Crippen LogP contribution in [0.4, 0.5) is 41.9 Å². The Hall–Kier alpha value is -5.46. The van der Waals surface area contributed by atoms with Crippen molar-refractivity contribution in [2.75, 3.05) is 34.5 Å². The molecule has 48 heavy (non-hydrogen) atoms. The van der Waals surface area contributed by atoms with Crippen LogP contribution in [-0.4, -0.2) is 49.0 Å². The molecule has 6 rings (SSSR count). The van der Waals surface area contributed by atoms with Crippen LogP contribution in [-0.2, 0) is 9.47 Å². The summed E-state index contributed by atoms with van der Waals surface area (Å²) in [5.41, 5.74) is 5.93. The summed E-state index contributed by atoms with van der Waals surface area (Å²) in [5, 5.41) is 4.64. The molecule has 12 heteroatoms. The Morgan fingerprint density at radius 1 is 0.479 bits per heavy atom. The first-order chi connectivity index (χ1) is 23.5. The molecular formula is C36H30N4O6S2. The number of carbonyl (C=O) groups is 4. The number of hydrogen-bond acceptors (Lipinski definition) is 8. The van der Waals surface area contributed by atoms with Gasteiger partial charge in [0.05, 0.1) is 22.7 Å². The van der Waals surface area contributed by atoms with E-state index in [-0.39, 0.29) is 13.2 Å². The van der Waals surface area contributed by atoms with Crippen molar-refractivity contribution >= 4 is 92.9 Å². The zero-order valence-electron chi connectivity index (χ0n) is 25.5. The third kappa shape index (κ3) is 7.56. The number of anilines is 4. The highest BCUT2D eigenvalue weighted by Crippen LogP contribution is 2.37. The molecule has 0 fully saturated rings. The lowest BCUT2D eigenvalue weighted by atomic mass is 10.1. The van der Waals surface area contributed by atoms with E-state index in [1.165, 1.54) is 31.4 Å². The lowest BCUT2D eigenvalue weighted by Gasteiger charge is -2.24. The highest BCUT2D eigenvalue weighted by Gasteiger charge is 2.27. The Morgan fingerprint density at radius 2 is 0.771 bits per heavy atom. The molecule has 4 aromatic rings. The number of rotatable bonds is 7. The van der Waals surface area contributed by atoms with Crippen molar-refractivity contribution in [3.63, 3.8) is 0 Å². The van der Waals surface area contributed by atoms with E-state index in [4.69, 9.17) is 9.47 Å². The average molecular weight is 679 g/mol. The van der Waals surface area contributed by atoms with Gasteiger partial charge in [0, 0.05) is 11.5 Å². The fraction of sp³-hybridized carbons (Fsp3) is 0.111. The van der Waals surface area contributed by atoms with Crippen LogP contribution in [0.1, 0.15) is 22.3 Å². The zero-order valence-corrected chi connectivity index (χ0v) is 27.2. The van der Waals surface area contributed by atoms with Gasteiger partial charge in [-0.3, -0.25) is 9.80 Å². The van der Waals surface area contributed by atoms with E-state index < -0.39 is 24.2 Å². The van der Waals surface area contributed by atoms with Crippen LogP contribution in [0.25, 0.3) is 24.3 Å². The molecule has 0 saturated heterocycles. The molecule has 0 atom stereocenters. The third-order valence-electron chi connectivity index (χ3n) is 7.30. The summed E-state index contributed by atoms with van der Waals surface area (Å²) >= 11 is 0. The molecule has 2 N–H and O–H groups in total. The van der Waals surface area contributed by atoms with Crippen molar-refractivity contribution in [1.82, 2.24) is 10.6 Å². The second-order valence-electron chi connectivity index (χ2n) is 10.3. The van der Waals surface area contributed by atoms with Gasteiger partial charge in [0.15, 0.2) is 0 Å². The van der Waals surface area contributed by atoms with E-state index in [1.807, 2.05) is 121 Å². The van der Waals surface area contributed by atoms with Crippen LogP contribution in [0, 0.1) is 0 Å². The zero-order chi connectivity index (χ0) is 33.3. The minimum Gasteiger partial charge on any atom is -0.448 e. The molecule has 6 amide bonds. The predicted molar refractivity (Wildman–Crippen MR) is 193 cm³/mol. The first kappa shape index (κ1) is 32.5. The van der Waals surface area contributed by atoms with E-state index in [9.17, 15) is 19.2 Å². The molecule has 10 nitrogen and oxygen atoms in total. The van der Waals surface area contributed by atoms with Gasteiger partial charge in [-0.25, -0.2) is 29.8 Å². The van der Waals surface area contributed by atoms with Gasteiger partial charge in [0.1, 0.15) is 13.2 Å². The quantitative estimate of drug-likeness (QED) is 0.147. The molecule has 0 aliphatic carbocycles. The summed E-state index contributed by atoms with van der Waals surface area (Å²) in [6.07, 6.45) is 6.01. The van der Waals surface area contributed by atoms with Crippen LogP contribution >= 0.6 is 21.6 Å². The third-order valence-corrected chi connectivity index (χ3v) is 9.64. The number of nitrogens with zero attached hydrogens (tertiary/aromatic N) is 2. The van der Waals surface area contributed by atoms with Gasteiger partial charge < -0.3 is 9.47 Å². The number of carbonyl (C=O) groups excluding carboxylic acids is 4. The van der Waals surface area contributed by atoms with E-state index >= 15 is 0 Å². The van der Waals surface area contributed by atoms with Gasteiger partial charge >= 0.3 is 24.2 Å². The molecule has 2 aliphatic heterocycles. The molecule has 0 radical (unpaired) electrons. The minimum absolute atomic E-state index is 0.0645. The molecule has 4 aromatic carbocycles. The Kier molecular flexibility index (Phi) is 10.4. The van der Waals surface area contributed by atoms with E-state index in [2.05, 4.69) is 10.6 Å². The molecule has 2 heterocycles. The number of alkyl carbamates (subject to hydrolysis) is 2. The summed E-state index contributed by atoms with van der Waals surface area (Å²) in [4.78, 5) is 54.3. The Bertz CT molecular complexity index is 1680. The lowest BCUT2D eigenvalue weighted by molar-refractivity contribution is 0.153. The fourth-order valence-corrected chi connectivity index (χ4v) is 6.85. The molecule has 242 valence electrons. The Balaban J connectivity index is 0.908. The molecule has 0 unspecified atom stereocenters. The number of ether oxygens (including phenoxy) is 2. The molecular weight excluding hydrogens is 649 g/mol. The molecule has 0 saturated carbocycles. The highest BCUT2D eigenvalue weighted by molar-refractivity contribution is 8.76. The highest BCUT2D eigenvalue weighted by atomic mass is 33.1. The maximum Gasteiger partial charge on any atom is 0.415 e. The Labute approximate surface area is 285 Å². The van der Waals surface area contributed by atoms with Crippen molar-refractivity contribution in [2.45, 2.75) is 0 Å². The second-order valence-corrected chi connectivity index (χ2v) is 13.1. The van der Waals surface area contributed by atoms with Crippen LogP contribution < -0.4 is 20.4 Å². The van der Waals surface area contributed by atoms with Crippen molar-refractivity contribution in [2.24, 2.45) is 0 Å². The lowest BCUT2D eigenvalue weighted by Crippen LogP contribution is -2.41. The van der Waals surface area contributed by atoms with Crippen molar-refractivity contribution in [3.8, 4) is 0 Å². The van der Waals surface area contributed by atoms with E-state index in [0.29, 0.717) is 34.3 Å². The van der Waals surface area contributed by atoms with E-state index in [1.54, 1.807) is 0 Å². The number of nitrogens with one attached hydrogen (secondary N) is 2. The van der Waals surface area contributed by atoms with Crippen molar-refractivity contribution < 1.29 is 28.7 Å². The number of para-hydroxylation sites is 4. The minimum atomic E-state index is -0.854. The number of imide groups is 2.